The van der Waals surface area contributed by atoms with Crippen molar-refractivity contribution >= 4 is 46.9 Å². The van der Waals surface area contributed by atoms with Gasteiger partial charge in [0.05, 0.1) is 21.9 Å². The Labute approximate surface area is 183 Å². The second kappa shape index (κ2) is 9.35. The molecule has 1 amide bonds. The minimum atomic E-state index is -0.410. The first-order valence-electron chi connectivity index (χ1n) is 8.70. The van der Waals surface area contributed by atoms with Crippen molar-refractivity contribution < 1.29 is 9.53 Å². The smallest absolute Gasteiger partial charge is 0.277 e. The number of carbonyl (C=O) groups is 1. The highest BCUT2D eigenvalue weighted by Crippen LogP contribution is 2.27. The molecule has 3 rings (SSSR count). The van der Waals surface area contributed by atoms with Crippen LogP contribution in [-0.4, -0.2) is 23.3 Å². The lowest BCUT2D eigenvalue weighted by Crippen LogP contribution is -2.24. The van der Waals surface area contributed by atoms with Gasteiger partial charge in [-0.2, -0.15) is 5.10 Å². The van der Waals surface area contributed by atoms with Crippen LogP contribution in [0.5, 0.6) is 5.75 Å². The number of benzene rings is 2. The molecule has 1 heterocycles. The number of nitrogens with zero attached hydrogens (tertiary/aromatic N) is 2. The van der Waals surface area contributed by atoms with Crippen molar-refractivity contribution in [2.24, 2.45) is 5.10 Å². The summed E-state index contributed by atoms with van der Waals surface area (Å²) in [6.45, 7) is 3.72. The fraction of sp³-hybridized carbons (Fsp3) is 0.143. The van der Waals surface area contributed by atoms with E-state index in [9.17, 15) is 4.79 Å². The van der Waals surface area contributed by atoms with Crippen molar-refractivity contribution in [2.75, 3.05) is 6.61 Å². The van der Waals surface area contributed by atoms with Crippen molar-refractivity contribution in [1.82, 2.24) is 9.99 Å². The van der Waals surface area contributed by atoms with Gasteiger partial charge < -0.3 is 9.30 Å². The first kappa shape index (κ1) is 21.2. The molecule has 1 aromatic heterocycles. The van der Waals surface area contributed by atoms with Crippen LogP contribution in [-0.2, 0) is 4.79 Å². The molecule has 29 heavy (non-hydrogen) atoms. The van der Waals surface area contributed by atoms with E-state index in [0.717, 1.165) is 22.6 Å². The lowest BCUT2D eigenvalue weighted by atomic mass is 10.2. The van der Waals surface area contributed by atoms with Gasteiger partial charge >= 0.3 is 0 Å². The number of ether oxygens (including phenoxy) is 1. The van der Waals surface area contributed by atoms with Gasteiger partial charge in [0, 0.05) is 22.0 Å². The number of rotatable bonds is 6. The van der Waals surface area contributed by atoms with Gasteiger partial charge in [0.25, 0.3) is 5.91 Å². The number of hydrazone groups is 1. The Kier molecular flexibility index (Phi) is 6.85. The van der Waals surface area contributed by atoms with Crippen molar-refractivity contribution in [3.63, 3.8) is 0 Å². The molecule has 2 aromatic carbocycles. The average molecular weight is 451 g/mol. The summed E-state index contributed by atoms with van der Waals surface area (Å²) in [4.78, 5) is 12.0. The van der Waals surface area contributed by atoms with Crippen LogP contribution < -0.4 is 10.2 Å². The van der Waals surface area contributed by atoms with E-state index in [4.69, 9.17) is 39.5 Å². The molecule has 0 saturated carbocycles. The Morgan fingerprint density at radius 3 is 2.59 bits per heavy atom. The number of nitrogens with one attached hydrogen (secondary N) is 1. The van der Waals surface area contributed by atoms with Crippen LogP contribution in [0.4, 0.5) is 0 Å². The van der Waals surface area contributed by atoms with Crippen molar-refractivity contribution in [2.45, 2.75) is 13.8 Å². The normalized spacial score (nSPS) is 11.1. The quantitative estimate of drug-likeness (QED) is 0.393. The molecule has 0 aliphatic heterocycles. The van der Waals surface area contributed by atoms with Gasteiger partial charge in [-0.3, -0.25) is 4.79 Å². The summed E-state index contributed by atoms with van der Waals surface area (Å²) in [5.41, 5.74) is 6.16. The average Bonchev–Trinajstić information content (AvgIpc) is 2.95. The van der Waals surface area contributed by atoms with Crippen LogP contribution >= 0.6 is 34.8 Å². The van der Waals surface area contributed by atoms with Crippen LogP contribution in [0.1, 0.15) is 17.0 Å². The summed E-state index contributed by atoms with van der Waals surface area (Å²) in [6, 6.07) is 14.4. The van der Waals surface area contributed by atoms with Gasteiger partial charge in [0.1, 0.15) is 5.75 Å². The highest BCUT2D eigenvalue weighted by atomic mass is 35.5. The van der Waals surface area contributed by atoms with E-state index in [1.165, 1.54) is 0 Å². The van der Waals surface area contributed by atoms with E-state index in [1.807, 2.05) is 48.7 Å². The van der Waals surface area contributed by atoms with Crippen LogP contribution in [0.3, 0.4) is 0 Å². The zero-order valence-electron chi connectivity index (χ0n) is 15.7. The highest BCUT2D eigenvalue weighted by molar-refractivity contribution is 6.35. The largest absolute Gasteiger partial charge is 0.482 e. The van der Waals surface area contributed by atoms with Crippen molar-refractivity contribution in [3.05, 3.63) is 80.6 Å². The molecule has 0 saturated heterocycles. The van der Waals surface area contributed by atoms with Gasteiger partial charge in [-0.05, 0) is 50.2 Å². The molecule has 0 bridgehead atoms. The number of hydrogen-bond donors (Lipinski definition) is 1. The number of para-hydroxylation sites is 1. The topological polar surface area (TPSA) is 55.6 Å². The summed E-state index contributed by atoms with van der Waals surface area (Å²) < 4.78 is 7.42. The number of aromatic nitrogens is 1. The van der Waals surface area contributed by atoms with Crippen LogP contribution in [0.2, 0.25) is 15.1 Å². The Hall–Kier alpha value is -2.47. The molecule has 3 aromatic rings. The maximum Gasteiger partial charge on any atom is 0.277 e. The molecule has 0 aliphatic carbocycles. The number of amides is 1. The maximum absolute atomic E-state index is 12.0. The van der Waals surface area contributed by atoms with Crippen LogP contribution in [0, 0.1) is 13.8 Å². The lowest BCUT2D eigenvalue weighted by Gasteiger charge is -2.11. The summed E-state index contributed by atoms with van der Waals surface area (Å²) in [5.74, 6) is -0.0364. The second-order valence-corrected chi connectivity index (χ2v) is 7.52. The van der Waals surface area contributed by atoms with E-state index in [1.54, 1.807) is 24.4 Å². The fourth-order valence-corrected chi connectivity index (χ4v) is 3.55. The van der Waals surface area contributed by atoms with Gasteiger partial charge in [-0.25, -0.2) is 5.43 Å². The van der Waals surface area contributed by atoms with Gasteiger partial charge in [0.2, 0.25) is 0 Å². The molecule has 0 fully saturated rings. The molecule has 0 aliphatic rings. The van der Waals surface area contributed by atoms with E-state index < -0.39 is 5.91 Å². The molecule has 8 heteroatoms. The number of carbonyl (C=O) groups excluding carboxylic acids is 1. The molecular formula is C21H18Cl3N3O2. The first-order chi connectivity index (χ1) is 13.9. The molecule has 5 nitrogen and oxygen atoms in total. The standard InChI is InChI=1S/C21H18Cl3N3O2/c1-13-9-15(14(2)27(13)19-6-4-3-5-17(19)23)11-25-26-21(28)12-29-20-8-7-16(22)10-18(20)24/h3-11H,12H2,1-2H3,(H,26,28)/b25-11-. The molecule has 0 spiro atoms. The van der Waals surface area contributed by atoms with E-state index >= 15 is 0 Å². The van der Waals surface area contributed by atoms with Gasteiger partial charge in [0.15, 0.2) is 6.61 Å². The molecular weight excluding hydrogens is 433 g/mol. The second-order valence-electron chi connectivity index (χ2n) is 6.27. The molecule has 0 radical (unpaired) electrons. The summed E-state index contributed by atoms with van der Waals surface area (Å²) in [5, 5.41) is 5.50. The van der Waals surface area contributed by atoms with Gasteiger partial charge in [-0.15, -0.1) is 0 Å². The minimum Gasteiger partial charge on any atom is -0.482 e. The molecule has 0 unspecified atom stereocenters. The van der Waals surface area contributed by atoms with E-state index in [0.29, 0.717) is 20.8 Å². The lowest BCUT2D eigenvalue weighted by molar-refractivity contribution is -0.123. The zero-order chi connectivity index (χ0) is 21.0. The maximum atomic E-state index is 12.0. The molecule has 0 atom stereocenters. The van der Waals surface area contributed by atoms with Crippen molar-refractivity contribution in [3.8, 4) is 11.4 Å². The van der Waals surface area contributed by atoms with Gasteiger partial charge in [-0.1, -0.05) is 46.9 Å². The predicted octanol–water partition coefficient (Wildman–Crippen LogP) is 5.58. The van der Waals surface area contributed by atoms with E-state index in [-0.39, 0.29) is 6.61 Å². The summed E-state index contributed by atoms with van der Waals surface area (Å²) in [6.07, 6.45) is 1.59. The SMILES string of the molecule is Cc1cc(/C=N\NC(=O)COc2ccc(Cl)cc2Cl)c(C)n1-c1ccccc1Cl. The third-order valence-corrected chi connectivity index (χ3v) is 5.06. The Morgan fingerprint density at radius 2 is 1.86 bits per heavy atom. The zero-order valence-corrected chi connectivity index (χ0v) is 18.0. The first-order valence-corrected chi connectivity index (χ1v) is 9.84. The summed E-state index contributed by atoms with van der Waals surface area (Å²) in [7, 11) is 0. The third-order valence-electron chi connectivity index (χ3n) is 4.21. The highest BCUT2D eigenvalue weighted by Gasteiger charge is 2.12. The number of hydrogen-bond acceptors (Lipinski definition) is 3. The van der Waals surface area contributed by atoms with Crippen LogP contribution in [0.15, 0.2) is 53.6 Å². The third kappa shape index (κ3) is 5.12. The fourth-order valence-electron chi connectivity index (χ4n) is 2.86. The Bertz CT molecular complexity index is 1080. The number of halogens is 3. The summed E-state index contributed by atoms with van der Waals surface area (Å²) >= 11 is 18.2. The predicted molar refractivity (Wildman–Crippen MR) is 118 cm³/mol. The monoisotopic (exact) mass is 449 g/mol. The minimum absolute atomic E-state index is 0.225. The van der Waals surface area contributed by atoms with E-state index in [2.05, 4.69) is 10.5 Å². The Balaban J connectivity index is 1.64. The molecule has 1 N–H and O–H groups in total. The molecule has 150 valence electrons. The van der Waals surface area contributed by atoms with Crippen molar-refractivity contribution in [1.29, 1.82) is 0 Å². The Morgan fingerprint density at radius 1 is 1.10 bits per heavy atom. The number of aryl methyl sites for hydroxylation is 1. The van der Waals surface area contributed by atoms with Crippen LogP contribution in [0.25, 0.3) is 5.69 Å².